The van der Waals surface area contributed by atoms with E-state index < -0.39 is 8.03 Å². The predicted octanol–water partition coefficient (Wildman–Crippen LogP) is 3.95. The molecule has 3 heteroatoms. The molecule has 0 aliphatic rings. The van der Waals surface area contributed by atoms with Gasteiger partial charge in [-0.2, -0.15) is 4.89 Å². The highest BCUT2D eigenvalue weighted by molar-refractivity contribution is 7.47. The molecule has 0 aliphatic heterocycles. The van der Waals surface area contributed by atoms with Gasteiger partial charge < -0.3 is 0 Å². The molecular formula is C15H24O2P+. The Morgan fingerprint density at radius 1 is 1.00 bits per heavy atom. The van der Waals surface area contributed by atoms with Crippen molar-refractivity contribution < 1.29 is 9.46 Å². The molecule has 0 spiro atoms. The van der Waals surface area contributed by atoms with Gasteiger partial charge in [0.15, 0.2) is 0 Å². The first kappa shape index (κ1) is 15.3. The summed E-state index contributed by atoms with van der Waals surface area (Å²) in [5, 5.41) is 0.616. The predicted molar refractivity (Wildman–Crippen MR) is 78.0 cm³/mol. The molecule has 1 unspecified atom stereocenters. The summed E-state index contributed by atoms with van der Waals surface area (Å²) >= 11 is 0. The van der Waals surface area contributed by atoms with Crippen LogP contribution in [0.2, 0.25) is 0 Å². The molecule has 1 aromatic carbocycles. The smallest absolute Gasteiger partial charge is 0.156 e. The number of hydrogen-bond donors (Lipinski definition) is 1. The maximum Gasteiger partial charge on any atom is 0.546 e. The number of aryl methyl sites for hydroxylation is 1. The molecule has 2 nitrogen and oxygen atoms in total. The molecule has 0 aromatic heterocycles. The first-order chi connectivity index (χ1) is 7.96. The van der Waals surface area contributed by atoms with Crippen molar-refractivity contribution in [3.8, 4) is 0 Å². The van der Waals surface area contributed by atoms with Crippen LogP contribution in [0, 0.1) is 6.92 Å². The molecule has 0 saturated heterocycles. The second-order valence-corrected chi connectivity index (χ2v) is 7.92. The van der Waals surface area contributed by atoms with Crippen LogP contribution in [0.15, 0.2) is 12.1 Å². The van der Waals surface area contributed by atoms with Crippen molar-refractivity contribution in [1.82, 2.24) is 0 Å². The lowest BCUT2D eigenvalue weighted by atomic mass is 9.74. The van der Waals surface area contributed by atoms with Gasteiger partial charge in [0.1, 0.15) is 0 Å². The molecule has 1 rings (SSSR count). The summed E-state index contributed by atoms with van der Waals surface area (Å²) in [4.78, 5) is 9.65. The second-order valence-electron chi connectivity index (χ2n) is 6.93. The van der Waals surface area contributed by atoms with Crippen molar-refractivity contribution in [3.63, 3.8) is 0 Å². The first-order valence-electron chi connectivity index (χ1n) is 6.27. The van der Waals surface area contributed by atoms with Crippen LogP contribution in [-0.4, -0.2) is 4.89 Å². The summed E-state index contributed by atoms with van der Waals surface area (Å²) in [5.74, 6) is 0. The van der Waals surface area contributed by atoms with E-state index >= 15 is 0 Å². The molecule has 1 aromatic rings. The van der Waals surface area contributed by atoms with E-state index in [0.29, 0.717) is 5.30 Å². The van der Waals surface area contributed by atoms with Crippen molar-refractivity contribution in [3.05, 3.63) is 28.8 Å². The van der Waals surface area contributed by atoms with E-state index in [4.69, 9.17) is 0 Å². The van der Waals surface area contributed by atoms with E-state index in [0.717, 1.165) is 16.7 Å². The fourth-order valence-corrected chi connectivity index (χ4v) is 3.35. The summed E-state index contributed by atoms with van der Waals surface area (Å²) in [6.07, 6.45) is 0. The summed E-state index contributed by atoms with van der Waals surface area (Å²) in [5.41, 5.74) is 2.91. The molecule has 100 valence electrons. The van der Waals surface area contributed by atoms with Crippen LogP contribution in [0.5, 0.6) is 0 Å². The Hall–Kier alpha value is -0.720. The molecule has 0 radical (unpaired) electrons. The van der Waals surface area contributed by atoms with Gasteiger partial charge in [0.05, 0.1) is 0 Å². The summed E-state index contributed by atoms with van der Waals surface area (Å²) in [6, 6.07) is 4.05. The third kappa shape index (κ3) is 2.99. The van der Waals surface area contributed by atoms with Crippen molar-refractivity contribution in [1.29, 1.82) is 0 Å². The minimum atomic E-state index is -2.31. The zero-order valence-electron chi connectivity index (χ0n) is 12.5. The summed E-state index contributed by atoms with van der Waals surface area (Å²) < 4.78 is 11.7. The molecule has 18 heavy (non-hydrogen) atoms. The normalized spacial score (nSPS) is 13.7. The maximum absolute atomic E-state index is 11.7. The van der Waals surface area contributed by atoms with Gasteiger partial charge in [0.25, 0.3) is 0 Å². The molecule has 0 bridgehead atoms. The van der Waals surface area contributed by atoms with E-state index in [1.807, 2.05) is 13.0 Å². The lowest BCUT2D eigenvalue weighted by Crippen LogP contribution is -2.29. The second kappa shape index (κ2) is 4.75. The number of hydrogen-bond acceptors (Lipinski definition) is 1. The van der Waals surface area contributed by atoms with Gasteiger partial charge in [-0.15, -0.1) is 0 Å². The highest BCUT2D eigenvalue weighted by atomic mass is 31.1. The van der Waals surface area contributed by atoms with Crippen LogP contribution in [0.25, 0.3) is 0 Å². The highest BCUT2D eigenvalue weighted by Gasteiger charge is 2.36. The Kier molecular flexibility index (Phi) is 4.05. The van der Waals surface area contributed by atoms with Crippen molar-refractivity contribution in [2.75, 3.05) is 0 Å². The third-order valence-corrected chi connectivity index (χ3v) is 4.09. The summed E-state index contributed by atoms with van der Waals surface area (Å²) in [7, 11) is -2.31. The summed E-state index contributed by atoms with van der Waals surface area (Å²) in [6.45, 7) is 14.6. The van der Waals surface area contributed by atoms with Gasteiger partial charge >= 0.3 is 8.03 Å². The molecule has 0 amide bonds. The molecule has 1 atom stereocenters. The van der Waals surface area contributed by atoms with E-state index in [1.165, 1.54) is 0 Å². The molecule has 0 saturated carbocycles. The van der Waals surface area contributed by atoms with Crippen LogP contribution in [0.1, 0.15) is 58.2 Å². The average molecular weight is 267 g/mol. The van der Waals surface area contributed by atoms with E-state index in [9.17, 15) is 9.46 Å². The monoisotopic (exact) mass is 267 g/mol. The molecule has 0 fully saturated rings. The molecular weight excluding hydrogens is 243 g/mol. The zero-order valence-corrected chi connectivity index (χ0v) is 13.4. The molecule has 0 aliphatic carbocycles. The molecule has 1 N–H and O–H groups in total. The fraction of sp³-hybridized carbons (Fsp3) is 0.600. The SMILES string of the molecule is Cc1ccc(C(C)(C)C)c(C(C)(C)C)c1[P+](=O)O. The largest absolute Gasteiger partial charge is 0.546 e. The van der Waals surface area contributed by atoms with Gasteiger partial charge in [-0.1, -0.05) is 53.7 Å². The standard InChI is InChI=1S/C15H23O2P/c1-10-8-9-11(14(2,3)4)12(15(5,6)7)13(10)18(16)17/h8-9H,1-7H3/p+1. The van der Waals surface area contributed by atoms with E-state index in [-0.39, 0.29) is 10.8 Å². The number of rotatable bonds is 1. The fourth-order valence-electron chi connectivity index (χ4n) is 2.33. The van der Waals surface area contributed by atoms with Gasteiger partial charge in [-0.05, 0) is 27.9 Å². The van der Waals surface area contributed by atoms with E-state index in [1.54, 1.807) is 0 Å². The first-order valence-corrected chi connectivity index (χ1v) is 7.48. The minimum absolute atomic E-state index is 0.0313. The lowest BCUT2D eigenvalue weighted by Gasteiger charge is -2.30. The van der Waals surface area contributed by atoms with Crippen molar-refractivity contribution in [2.24, 2.45) is 0 Å². The van der Waals surface area contributed by atoms with Crippen molar-refractivity contribution in [2.45, 2.75) is 59.3 Å². The van der Waals surface area contributed by atoms with E-state index in [2.05, 4.69) is 47.6 Å². The Morgan fingerprint density at radius 3 is 1.83 bits per heavy atom. The van der Waals surface area contributed by atoms with Gasteiger partial charge in [0.2, 0.25) is 5.30 Å². The Morgan fingerprint density at radius 2 is 1.50 bits per heavy atom. The van der Waals surface area contributed by atoms with Gasteiger partial charge in [-0.25, -0.2) is 0 Å². The average Bonchev–Trinajstić information content (AvgIpc) is 2.12. The van der Waals surface area contributed by atoms with Crippen molar-refractivity contribution >= 4 is 13.3 Å². The Bertz CT molecular complexity index is 476. The van der Waals surface area contributed by atoms with Crippen LogP contribution >= 0.6 is 8.03 Å². The maximum atomic E-state index is 11.7. The van der Waals surface area contributed by atoms with Gasteiger partial charge in [-0.3, -0.25) is 0 Å². The zero-order chi connectivity index (χ0) is 14.3. The quantitative estimate of drug-likeness (QED) is 0.782. The van der Waals surface area contributed by atoms with Crippen LogP contribution < -0.4 is 5.30 Å². The Labute approximate surface area is 111 Å². The Balaban J connectivity index is 3.78. The van der Waals surface area contributed by atoms with Gasteiger partial charge in [0, 0.05) is 11.1 Å². The minimum Gasteiger partial charge on any atom is -0.156 e. The lowest BCUT2D eigenvalue weighted by molar-refractivity contribution is 0.507. The van der Waals surface area contributed by atoms with Crippen LogP contribution in [0.4, 0.5) is 0 Å². The van der Waals surface area contributed by atoms with Crippen LogP contribution in [-0.2, 0) is 15.4 Å². The third-order valence-electron chi connectivity index (χ3n) is 3.13. The van der Waals surface area contributed by atoms with Crippen LogP contribution in [0.3, 0.4) is 0 Å². The topological polar surface area (TPSA) is 37.3 Å². The molecule has 0 heterocycles. The number of benzene rings is 1. The highest BCUT2D eigenvalue weighted by Crippen LogP contribution is 2.36.